The number of pyridine rings is 1. The zero-order valence-electron chi connectivity index (χ0n) is 18.5. The van der Waals surface area contributed by atoms with Gasteiger partial charge in [0, 0.05) is 23.8 Å². The van der Waals surface area contributed by atoms with E-state index in [1.54, 1.807) is 4.90 Å². The molecule has 0 aliphatic rings. The number of benzene rings is 2. The molecule has 8 nitrogen and oxygen atoms in total. The van der Waals surface area contributed by atoms with Crippen molar-refractivity contribution in [2.24, 2.45) is 0 Å². The number of fused-ring (bicyclic) bond motifs is 1. The quantitative estimate of drug-likeness (QED) is 0.443. The van der Waals surface area contributed by atoms with Crippen LogP contribution in [0.25, 0.3) is 22.0 Å². The van der Waals surface area contributed by atoms with Crippen LogP contribution in [0.4, 0.5) is 21.8 Å². The van der Waals surface area contributed by atoms with Gasteiger partial charge in [0.1, 0.15) is 35.4 Å². The molecule has 172 valence electrons. The zero-order valence-corrected chi connectivity index (χ0v) is 19.3. The van der Waals surface area contributed by atoms with Crippen molar-refractivity contribution >= 4 is 38.2 Å². The zero-order chi connectivity index (χ0) is 24.5. The third kappa shape index (κ3) is 4.38. The van der Waals surface area contributed by atoms with E-state index in [4.69, 9.17) is 10.7 Å². The van der Waals surface area contributed by atoms with Crippen molar-refractivity contribution in [1.82, 2.24) is 15.0 Å². The van der Waals surface area contributed by atoms with Crippen molar-refractivity contribution in [2.75, 3.05) is 23.4 Å². The molecular weight excluding hydrogens is 455 g/mol. The smallest absolute Gasteiger partial charge is 0.157 e. The van der Waals surface area contributed by atoms with Crippen molar-refractivity contribution in [2.45, 2.75) is 12.7 Å². The maximum Gasteiger partial charge on any atom is 0.157 e. The molecule has 0 atom stereocenters. The molecule has 0 saturated heterocycles. The molecular formula is C24H21FN6O2S. The van der Waals surface area contributed by atoms with Crippen molar-refractivity contribution in [3.63, 3.8) is 0 Å². The number of nitrogen functional groups attached to an aromatic ring is 1. The molecule has 0 amide bonds. The molecule has 4 rings (SSSR count). The fourth-order valence-electron chi connectivity index (χ4n) is 3.90. The lowest BCUT2D eigenvalue weighted by Crippen LogP contribution is -2.22. The second-order valence-corrected chi connectivity index (χ2v) is 9.84. The number of anilines is 3. The highest BCUT2D eigenvalue weighted by Gasteiger charge is 2.26. The van der Waals surface area contributed by atoms with Gasteiger partial charge >= 0.3 is 0 Å². The van der Waals surface area contributed by atoms with Crippen LogP contribution in [0.1, 0.15) is 18.1 Å². The van der Waals surface area contributed by atoms with Crippen molar-refractivity contribution < 1.29 is 12.8 Å². The second-order valence-electron chi connectivity index (χ2n) is 7.70. The standard InChI is InChI=1S/C24H21FN6O2S/c1-3-31(23-18(12-26)22(27)28-14-29-23)24-21(15-7-5-4-6-8-15)19(13-34(2,32)33)17-11-16(25)9-10-20(17)30-24/h4-11,14H,3,13H2,1-2H3,(H2,27,28,29). The van der Waals surface area contributed by atoms with Crippen molar-refractivity contribution in [1.29, 1.82) is 5.26 Å². The van der Waals surface area contributed by atoms with Gasteiger partial charge in [-0.05, 0) is 36.2 Å². The molecule has 0 saturated carbocycles. The summed E-state index contributed by atoms with van der Waals surface area (Å²) >= 11 is 0. The Morgan fingerprint density at radius 1 is 1.12 bits per heavy atom. The largest absolute Gasteiger partial charge is 0.382 e. The normalized spacial score (nSPS) is 11.4. The summed E-state index contributed by atoms with van der Waals surface area (Å²) in [4.78, 5) is 14.7. The molecule has 0 fully saturated rings. The summed E-state index contributed by atoms with van der Waals surface area (Å²) in [7, 11) is -3.51. The van der Waals surface area contributed by atoms with Gasteiger partial charge in [0.2, 0.25) is 0 Å². The Morgan fingerprint density at radius 2 is 1.85 bits per heavy atom. The Labute approximate surface area is 196 Å². The van der Waals surface area contributed by atoms with Crippen LogP contribution in [-0.2, 0) is 15.6 Å². The molecule has 0 radical (unpaired) electrons. The van der Waals surface area contributed by atoms with Gasteiger partial charge < -0.3 is 10.6 Å². The fraction of sp³-hybridized carbons (Fsp3) is 0.167. The van der Waals surface area contributed by atoms with E-state index in [-0.39, 0.29) is 23.0 Å². The number of hydrogen-bond acceptors (Lipinski definition) is 8. The summed E-state index contributed by atoms with van der Waals surface area (Å²) < 4.78 is 39.2. The van der Waals surface area contributed by atoms with Gasteiger partial charge in [-0.2, -0.15) is 5.26 Å². The third-order valence-corrected chi connectivity index (χ3v) is 6.11. The van der Waals surface area contributed by atoms with Gasteiger partial charge in [-0.25, -0.2) is 27.8 Å². The molecule has 0 bridgehead atoms. The minimum Gasteiger partial charge on any atom is -0.382 e. The number of halogens is 1. The predicted molar refractivity (Wildman–Crippen MR) is 130 cm³/mol. The lowest BCUT2D eigenvalue weighted by molar-refractivity contribution is 0.601. The highest BCUT2D eigenvalue weighted by atomic mass is 32.2. The van der Waals surface area contributed by atoms with Crippen molar-refractivity contribution in [3.8, 4) is 17.2 Å². The number of nitrogens with zero attached hydrogens (tertiary/aromatic N) is 5. The minimum atomic E-state index is -3.51. The number of sulfone groups is 1. The Balaban J connectivity index is 2.16. The minimum absolute atomic E-state index is 0.0198. The maximum absolute atomic E-state index is 14.3. The molecule has 10 heteroatoms. The second kappa shape index (κ2) is 9.03. The predicted octanol–water partition coefficient (Wildman–Crippen LogP) is 3.99. The Hall–Kier alpha value is -4.10. The topological polar surface area (TPSA) is 126 Å². The molecule has 34 heavy (non-hydrogen) atoms. The number of nitriles is 1. The number of hydrogen-bond donors (Lipinski definition) is 1. The van der Waals surface area contributed by atoms with E-state index in [1.165, 1.54) is 24.5 Å². The summed E-state index contributed by atoms with van der Waals surface area (Å²) in [5.41, 5.74) is 8.02. The van der Waals surface area contributed by atoms with E-state index >= 15 is 0 Å². The molecule has 0 spiro atoms. The number of rotatable bonds is 6. The van der Waals surface area contributed by atoms with Crippen LogP contribution in [0.5, 0.6) is 0 Å². The van der Waals surface area contributed by atoms with Gasteiger partial charge in [0.15, 0.2) is 15.7 Å². The van der Waals surface area contributed by atoms with Crippen LogP contribution in [0.2, 0.25) is 0 Å². The van der Waals surface area contributed by atoms with E-state index in [1.807, 2.05) is 43.3 Å². The van der Waals surface area contributed by atoms with E-state index in [0.717, 1.165) is 6.26 Å². The SMILES string of the molecule is CCN(c1ncnc(N)c1C#N)c1nc2ccc(F)cc2c(CS(C)(=O)=O)c1-c1ccccc1. The number of aromatic nitrogens is 3. The first-order valence-electron chi connectivity index (χ1n) is 10.4. The van der Waals surface area contributed by atoms with Gasteiger partial charge in [-0.3, -0.25) is 0 Å². The van der Waals surface area contributed by atoms with Crippen LogP contribution < -0.4 is 10.6 Å². The molecule has 0 unspecified atom stereocenters. The first kappa shape index (κ1) is 23.1. The van der Waals surface area contributed by atoms with Crippen LogP contribution in [0.15, 0.2) is 54.9 Å². The molecule has 2 N–H and O–H groups in total. The van der Waals surface area contributed by atoms with Crippen LogP contribution in [0.3, 0.4) is 0 Å². The van der Waals surface area contributed by atoms with Gasteiger partial charge in [-0.1, -0.05) is 30.3 Å². The summed E-state index contributed by atoms with van der Waals surface area (Å²) in [5, 5.41) is 10.1. The van der Waals surface area contributed by atoms with E-state index in [9.17, 15) is 18.1 Å². The molecule has 2 heterocycles. The average Bonchev–Trinajstić information content (AvgIpc) is 2.80. The summed E-state index contributed by atoms with van der Waals surface area (Å²) in [6, 6.07) is 15.2. The molecule has 0 aliphatic heterocycles. The monoisotopic (exact) mass is 476 g/mol. The third-order valence-electron chi connectivity index (χ3n) is 5.30. The van der Waals surface area contributed by atoms with Gasteiger partial charge in [-0.15, -0.1) is 0 Å². The lowest BCUT2D eigenvalue weighted by atomic mass is 9.96. The van der Waals surface area contributed by atoms with Gasteiger partial charge in [0.25, 0.3) is 0 Å². The van der Waals surface area contributed by atoms with Gasteiger partial charge in [0.05, 0.1) is 11.3 Å². The van der Waals surface area contributed by atoms with E-state index < -0.39 is 15.7 Å². The summed E-state index contributed by atoms with van der Waals surface area (Å²) in [5.74, 6) is -0.193. The Bertz CT molecular complexity index is 1540. The summed E-state index contributed by atoms with van der Waals surface area (Å²) in [6.07, 6.45) is 2.38. The number of nitrogens with two attached hydrogens (primary N) is 1. The molecule has 2 aromatic carbocycles. The van der Waals surface area contributed by atoms with Crippen LogP contribution >= 0.6 is 0 Å². The lowest BCUT2D eigenvalue weighted by Gasteiger charge is -2.27. The van der Waals surface area contributed by atoms with E-state index in [2.05, 4.69) is 9.97 Å². The Morgan fingerprint density at radius 3 is 2.50 bits per heavy atom. The fourth-order valence-corrected chi connectivity index (χ4v) is 4.73. The molecule has 4 aromatic rings. The van der Waals surface area contributed by atoms with E-state index in [0.29, 0.717) is 40.0 Å². The summed E-state index contributed by atoms with van der Waals surface area (Å²) in [6.45, 7) is 2.18. The molecule has 0 aliphatic carbocycles. The highest BCUT2D eigenvalue weighted by molar-refractivity contribution is 7.89. The first-order chi connectivity index (χ1) is 16.2. The van der Waals surface area contributed by atoms with Crippen molar-refractivity contribution in [3.05, 3.63) is 71.8 Å². The highest BCUT2D eigenvalue weighted by Crippen LogP contribution is 2.41. The molecule has 2 aromatic heterocycles. The maximum atomic E-state index is 14.3. The average molecular weight is 477 g/mol. The first-order valence-corrected chi connectivity index (χ1v) is 12.4. The van der Waals surface area contributed by atoms with Crippen LogP contribution in [-0.4, -0.2) is 36.2 Å². The Kier molecular flexibility index (Phi) is 6.13. The van der Waals surface area contributed by atoms with Crippen LogP contribution in [0, 0.1) is 17.1 Å².